The van der Waals surface area contributed by atoms with Crippen molar-refractivity contribution in [2.75, 3.05) is 0 Å². The lowest BCUT2D eigenvalue weighted by molar-refractivity contribution is 0.0875. The molecule has 4 atom stereocenters. The van der Waals surface area contributed by atoms with Crippen molar-refractivity contribution in [2.24, 2.45) is 17.8 Å². The molecule has 0 spiro atoms. The molecule has 2 saturated carbocycles. The van der Waals surface area contributed by atoms with Crippen LogP contribution in [0.15, 0.2) is 12.5 Å². The molecule has 2 unspecified atom stereocenters. The molecule has 1 aromatic rings. The quantitative estimate of drug-likeness (QED) is 0.774. The predicted octanol–water partition coefficient (Wildman–Crippen LogP) is 1.75. The van der Waals surface area contributed by atoms with Crippen LogP contribution in [0.25, 0.3) is 0 Å². The summed E-state index contributed by atoms with van der Waals surface area (Å²) in [4.78, 5) is 7.15. The third kappa shape index (κ3) is 1.59. The minimum absolute atomic E-state index is 0.0687. The summed E-state index contributed by atoms with van der Waals surface area (Å²) in [7, 11) is 0. The van der Waals surface area contributed by atoms with Gasteiger partial charge < -0.3 is 10.1 Å². The molecule has 15 heavy (non-hydrogen) atoms. The number of fused-ring (bicyclic) bond motifs is 1. The Morgan fingerprint density at radius 2 is 2.40 bits per heavy atom. The molecule has 0 radical (unpaired) electrons. The van der Waals surface area contributed by atoms with E-state index >= 15 is 0 Å². The standard InChI is InChI=1S/C12H18N2O/c15-12-9(5-10-6-13-7-14-10)4-8-2-1-3-11(8)12/h6-9,11-12,15H,1-5H2,(H,13,14)/t8-,9?,11-,12?/m1/s1. The fourth-order valence-corrected chi connectivity index (χ4v) is 3.57. The molecule has 2 N–H and O–H groups in total. The first-order chi connectivity index (χ1) is 7.34. The molecule has 3 nitrogen and oxygen atoms in total. The van der Waals surface area contributed by atoms with Crippen LogP contribution in [-0.2, 0) is 6.42 Å². The summed E-state index contributed by atoms with van der Waals surface area (Å²) in [6.45, 7) is 0. The largest absolute Gasteiger partial charge is 0.393 e. The van der Waals surface area contributed by atoms with Crippen molar-refractivity contribution < 1.29 is 5.11 Å². The maximum absolute atomic E-state index is 10.2. The number of hydrogen-bond donors (Lipinski definition) is 2. The second-order valence-electron chi connectivity index (χ2n) is 5.12. The lowest BCUT2D eigenvalue weighted by Crippen LogP contribution is -2.22. The molecule has 0 saturated heterocycles. The first kappa shape index (κ1) is 9.40. The zero-order chi connectivity index (χ0) is 10.3. The highest BCUT2D eigenvalue weighted by Crippen LogP contribution is 2.47. The molecule has 3 heteroatoms. The van der Waals surface area contributed by atoms with E-state index in [0.29, 0.717) is 11.8 Å². The summed E-state index contributed by atoms with van der Waals surface area (Å²) >= 11 is 0. The Hall–Kier alpha value is -0.830. The summed E-state index contributed by atoms with van der Waals surface area (Å²) in [6, 6.07) is 0. The van der Waals surface area contributed by atoms with Crippen LogP contribution in [0.5, 0.6) is 0 Å². The van der Waals surface area contributed by atoms with E-state index in [0.717, 1.165) is 12.3 Å². The Balaban J connectivity index is 1.68. The summed E-state index contributed by atoms with van der Waals surface area (Å²) in [5.41, 5.74) is 1.17. The molecule has 2 aliphatic carbocycles. The third-order valence-electron chi connectivity index (χ3n) is 4.28. The van der Waals surface area contributed by atoms with Gasteiger partial charge in [0, 0.05) is 11.9 Å². The van der Waals surface area contributed by atoms with Gasteiger partial charge in [-0.25, -0.2) is 4.98 Å². The molecule has 0 aromatic carbocycles. The van der Waals surface area contributed by atoms with Crippen LogP contribution < -0.4 is 0 Å². The number of aliphatic hydroxyl groups excluding tert-OH is 1. The van der Waals surface area contributed by atoms with Crippen molar-refractivity contribution in [3.63, 3.8) is 0 Å². The van der Waals surface area contributed by atoms with Crippen LogP contribution >= 0.6 is 0 Å². The number of imidazole rings is 1. The Labute approximate surface area is 89.9 Å². The Morgan fingerprint density at radius 1 is 1.47 bits per heavy atom. The monoisotopic (exact) mass is 206 g/mol. The number of nitrogens with zero attached hydrogens (tertiary/aromatic N) is 1. The van der Waals surface area contributed by atoms with Gasteiger partial charge in [0.2, 0.25) is 0 Å². The van der Waals surface area contributed by atoms with Crippen LogP contribution in [0.1, 0.15) is 31.4 Å². The summed E-state index contributed by atoms with van der Waals surface area (Å²) in [5, 5.41) is 10.2. The van der Waals surface area contributed by atoms with E-state index in [1.165, 1.54) is 31.4 Å². The third-order valence-corrected chi connectivity index (χ3v) is 4.28. The predicted molar refractivity (Wildman–Crippen MR) is 57.2 cm³/mol. The molecule has 0 aliphatic heterocycles. The average molecular weight is 206 g/mol. The van der Waals surface area contributed by atoms with E-state index in [4.69, 9.17) is 0 Å². The first-order valence-electron chi connectivity index (χ1n) is 6.00. The molecular weight excluding hydrogens is 188 g/mol. The lowest BCUT2D eigenvalue weighted by Gasteiger charge is -2.17. The van der Waals surface area contributed by atoms with E-state index in [9.17, 15) is 5.11 Å². The van der Waals surface area contributed by atoms with Crippen molar-refractivity contribution in [3.05, 3.63) is 18.2 Å². The first-order valence-corrected chi connectivity index (χ1v) is 6.00. The van der Waals surface area contributed by atoms with Gasteiger partial charge in [-0.3, -0.25) is 0 Å². The van der Waals surface area contributed by atoms with Crippen LogP contribution in [0.4, 0.5) is 0 Å². The number of aromatic nitrogens is 2. The van der Waals surface area contributed by atoms with Crippen LogP contribution in [0.3, 0.4) is 0 Å². The molecule has 1 heterocycles. The summed E-state index contributed by atoms with van der Waals surface area (Å²) < 4.78 is 0. The maximum atomic E-state index is 10.2. The molecule has 1 aromatic heterocycles. The van der Waals surface area contributed by atoms with Crippen molar-refractivity contribution in [2.45, 2.75) is 38.2 Å². The number of rotatable bonds is 2. The van der Waals surface area contributed by atoms with Crippen molar-refractivity contribution in [3.8, 4) is 0 Å². The Morgan fingerprint density at radius 3 is 3.13 bits per heavy atom. The zero-order valence-corrected chi connectivity index (χ0v) is 8.89. The van der Waals surface area contributed by atoms with Crippen molar-refractivity contribution in [1.29, 1.82) is 0 Å². The van der Waals surface area contributed by atoms with E-state index in [1.54, 1.807) is 6.33 Å². The van der Waals surface area contributed by atoms with Crippen molar-refractivity contribution in [1.82, 2.24) is 9.97 Å². The molecule has 3 rings (SSSR count). The topological polar surface area (TPSA) is 48.9 Å². The van der Waals surface area contributed by atoms with Gasteiger partial charge in [0.05, 0.1) is 12.4 Å². The number of aliphatic hydroxyl groups is 1. The SMILES string of the molecule is OC1C(Cc2cnc[nH]2)C[C@H]2CCC[C@@H]12. The fourth-order valence-electron chi connectivity index (χ4n) is 3.57. The highest BCUT2D eigenvalue weighted by Gasteiger charge is 2.44. The fraction of sp³-hybridized carbons (Fsp3) is 0.750. The molecule has 2 aliphatic rings. The number of nitrogens with one attached hydrogen (secondary N) is 1. The van der Waals surface area contributed by atoms with E-state index in [1.807, 2.05) is 6.20 Å². The number of hydrogen-bond acceptors (Lipinski definition) is 2. The van der Waals surface area contributed by atoms with Crippen LogP contribution in [0.2, 0.25) is 0 Å². The number of H-pyrrole nitrogens is 1. The molecule has 0 amide bonds. The minimum atomic E-state index is -0.0687. The minimum Gasteiger partial charge on any atom is -0.393 e. The van der Waals surface area contributed by atoms with Crippen LogP contribution in [-0.4, -0.2) is 21.2 Å². The van der Waals surface area contributed by atoms with Gasteiger partial charge in [0.1, 0.15) is 0 Å². The Bertz CT molecular complexity index is 322. The summed E-state index contributed by atoms with van der Waals surface area (Å²) in [6.07, 6.45) is 9.60. The maximum Gasteiger partial charge on any atom is 0.0921 e. The number of aromatic amines is 1. The van der Waals surface area contributed by atoms with Gasteiger partial charge in [-0.15, -0.1) is 0 Å². The van der Waals surface area contributed by atoms with Crippen molar-refractivity contribution >= 4 is 0 Å². The highest BCUT2D eigenvalue weighted by molar-refractivity contribution is 5.02. The van der Waals surface area contributed by atoms with E-state index in [-0.39, 0.29) is 6.10 Å². The van der Waals surface area contributed by atoms with Gasteiger partial charge in [-0.2, -0.15) is 0 Å². The lowest BCUT2D eigenvalue weighted by atomic mass is 9.95. The average Bonchev–Trinajstić information content (AvgIpc) is 2.89. The molecule has 0 bridgehead atoms. The van der Waals surface area contributed by atoms with Gasteiger partial charge in [-0.05, 0) is 37.0 Å². The van der Waals surface area contributed by atoms with Gasteiger partial charge in [0.15, 0.2) is 0 Å². The van der Waals surface area contributed by atoms with Gasteiger partial charge in [0.25, 0.3) is 0 Å². The normalized spacial score (nSPS) is 39.5. The van der Waals surface area contributed by atoms with Gasteiger partial charge >= 0.3 is 0 Å². The van der Waals surface area contributed by atoms with Crippen LogP contribution in [0, 0.1) is 17.8 Å². The Kier molecular flexibility index (Phi) is 2.28. The second-order valence-corrected chi connectivity index (χ2v) is 5.12. The smallest absolute Gasteiger partial charge is 0.0921 e. The second kappa shape index (κ2) is 3.63. The van der Waals surface area contributed by atoms with E-state index in [2.05, 4.69) is 9.97 Å². The highest BCUT2D eigenvalue weighted by atomic mass is 16.3. The summed E-state index contributed by atoms with van der Waals surface area (Å²) in [5.74, 6) is 1.85. The van der Waals surface area contributed by atoms with Gasteiger partial charge in [-0.1, -0.05) is 12.8 Å². The molecule has 2 fully saturated rings. The molecular formula is C12H18N2O. The van der Waals surface area contributed by atoms with E-state index < -0.39 is 0 Å². The zero-order valence-electron chi connectivity index (χ0n) is 8.89. The molecule has 82 valence electrons.